The van der Waals surface area contributed by atoms with Gasteiger partial charge in [-0.1, -0.05) is 24.3 Å². The van der Waals surface area contributed by atoms with Gasteiger partial charge in [0, 0.05) is 23.0 Å². The van der Waals surface area contributed by atoms with Crippen LogP contribution in [0.15, 0.2) is 41.8 Å². The van der Waals surface area contributed by atoms with Crippen molar-refractivity contribution in [3.8, 4) is 5.75 Å². The number of ether oxygens (including phenoxy) is 1. The summed E-state index contributed by atoms with van der Waals surface area (Å²) in [4.78, 5) is 0.851. The van der Waals surface area contributed by atoms with E-state index in [1.165, 1.54) is 17.4 Å². The number of thiophene rings is 1. The number of benzene rings is 1. The number of hydrogen-bond acceptors (Lipinski definition) is 4. The highest BCUT2D eigenvalue weighted by Gasteiger charge is 2.25. The Kier molecular flexibility index (Phi) is 5.50. The maximum Gasteiger partial charge on any atom is 0.387 e. The van der Waals surface area contributed by atoms with E-state index < -0.39 is 12.2 Å². The van der Waals surface area contributed by atoms with Crippen LogP contribution in [0, 0.1) is 0 Å². The van der Waals surface area contributed by atoms with Crippen molar-refractivity contribution in [2.75, 3.05) is 6.54 Å². The second-order valence-electron chi connectivity index (χ2n) is 5.27. The van der Waals surface area contributed by atoms with Crippen LogP contribution in [0.5, 0.6) is 5.75 Å². The molecule has 0 amide bonds. The summed E-state index contributed by atoms with van der Waals surface area (Å²) in [6, 6.07) is 10.2. The average molecular weight is 327 g/mol. The van der Waals surface area contributed by atoms with Crippen molar-refractivity contribution in [3.63, 3.8) is 0 Å². The summed E-state index contributed by atoms with van der Waals surface area (Å²) in [5, 5.41) is 15.6. The summed E-state index contributed by atoms with van der Waals surface area (Å²) in [7, 11) is 0. The highest BCUT2D eigenvalue weighted by Crippen LogP contribution is 2.28. The van der Waals surface area contributed by atoms with Crippen LogP contribution in [0.1, 0.15) is 30.3 Å². The van der Waals surface area contributed by atoms with Gasteiger partial charge in [-0.15, -0.1) is 11.3 Å². The van der Waals surface area contributed by atoms with Crippen LogP contribution in [0.2, 0.25) is 0 Å². The number of para-hydroxylation sites is 1. The van der Waals surface area contributed by atoms with Crippen LogP contribution < -0.4 is 10.1 Å². The SMILES string of the molecule is CC(NCC(C)(O)c1cccs1)c1ccccc1OC(F)F. The van der Waals surface area contributed by atoms with Gasteiger partial charge in [0.15, 0.2) is 0 Å². The number of hydrogen-bond donors (Lipinski definition) is 2. The van der Waals surface area contributed by atoms with Gasteiger partial charge in [-0.2, -0.15) is 8.78 Å². The molecular weight excluding hydrogens is 308 g/mol. The average Bonchev–Trinajstić information content (AvgIpc) is 3.00. The van der Waals surface area contributed by atoms with Gasteiger partial charge in [0.2, 0.25) is 0 Å². The molecule has 0 fully saturated rings. The Labute approximate surface area is 132 Å². The quantitative estimate of drug-likeness (QED) is 0.810. The molecule has 2 N–H and O–H groups in total. The van der Waals surface area contributed by atoms with Crippen molar-refractivity contribution in [2.24, 2.45) is 0 Å². The Morgan fingerprint density at radius 3 is 2.64 bits per heavy atom. The zero-order chi connectivity index (χ0) is 16.2. The minimum Gasteiger partial charge on any atom is -0.434 e. The fourth-order valence-corrected chi connectivity index (χ4v) is 2.96. The number of alkyl halides is 2. The lowest BCUT2D eigenvalue weighted by Crippen LogP contribution is -2.36. The molecular formula is C16H19F2NO2S. The van der Waals surface area contributed by atoms with E-state index in [9.17, 15) is 13.9 Å². The fourth-order valence-electron chi connectivity index (χ4n) is 2.18. The molecule has 22 heavy (non-hydrogen) atoms. The molecule has 120 valence electrons. The van der Waals surface area contributed by atoms with Crippen molar-refractivity contribution in [1.82, 2.24) is 5.32 Å². The second-order valence-corrected chi connectivity index (χ2v) is 6.22. The molecule has 2 unspecified atom stereocenters. The Morgan fingerprint density at radius 1 is 1.27 bits per heavy atom. The monoisotopic (exact) mass is 327 g/mol. The second kappa shape index (κ2) is 7.17. The van der Waals surface area contributed by atoms with Crippen LogP contribution in [0.25, 0.3) is 0 Å². The van der Waals surface area contributed by atoms with Crippen molar-refractivity contribution in [3.05, 3.63) is 52.2 Å². The van der Waals surface area contributed by atoms with Crippen molar-refractivity contribution >= 4 is 11.3 Å². The van der Waals surface area contributed by atoms with Gasteiger partial charge in [-0.25, -0.2) is 0 Å². The Bertz CT molecular complexity index is 588. The lowest BCUT2D eigenvalue weighted by molar-refractivity contribution is -0.0507. The number of nitrogens with one attached hydrogen (secondary N) is 1. The summed E-state index contributed by atoms with van der Waals surface area (Å²) >= 11 is 1.48. The van der Waals surface area contributed by atoms with E-state index >= 15 is 0 Å². The molecule has 0 aliphatic heterocycles. The zero-order valence-corrected chi connectivity index (χ0v) is 13.2. The Morgan fingerprint density at radius 2 is 2.00 bits per heavy atom. The number of rotatable bonds is 7. The van der Waals surface area contributed by atoms with Gasteiger partial charge in [0.05, 0.1) is 0 Å². The molecule has 0 aliphatic carbocycles. The standard InChI is InChI=1S/C16H19F2NO2S/c1-11(12-6-3-4-7-13(12)21-15(17)18)19-10-16(2,20)14-8-5-9-22-14/h3-9,11,15,19-20H,10H2,1-2H3. The lowest BCUT2D eigenvalue weighted by atomic mass is 10.0. The van der Waals surface area contributed by atoms with Crippen LogP contribution >= 0.6 is 11.3 Å². The van der Waals surface area contributed by atoms with E-state index in [4.69, 9.17) is 0 Å². The van der Waals surface area contributed by atoms with Crippen LogP contribution in [-0.2, 0) is 5.60 Å². The summed E-state index contributed by atoms with van der Waals surface area (Å²) in [6.07, 6.45) is 0. The molecule has 2 rings (SSSR count). The third-order valence-corrected chi connectivity index (χ3v) is 4.53. The molecule has 2 atom stereocenters. The summed E-state index contributed by atoms with van der Waals surface area (Å²) < 4.78 is 29.4. The largest absolute Gasteiger partial charge is 0.434 e. The topological polar surface area (TPSA) is 41.5 Å². The van der Waals surface area contributed by atoms with Crippen LogP contribution in [0.4, 0.5) is 8.78 Å². The summed E-state index contributed by atoms with van der Waals surface area (Å²) in [5.74, 6) is 0.147. The molecule has 0 radical (unpaired) electrons. The zero-order valence-electron chi connectivity index (χ0n) is 12.4. The van der Waals surface area contributed by atoms with E-state index in [0.29, 0.717) is 12.1 Å². The van der Waals surface area contributed by atoms with Gasteiger partial charge in [0.1, 0.15) is 11.4 Å². The summed E-state index contributed by atoms with van der Waals surface area (Å²) in [5.41, 5.74) is -0.384. The van der Waals surface area contributed by atoms with Gasteiger partial charge in [-0.3, -0.25) is 0 Å². The molecule has 0 saturated heterocycles. The Hall–Kier alpha value is -1.50. The molecule has 1 aromatic carbocycles. The maximum atomic E-state index is 12.4. The van der Waals surface area contributed by atoms with Crippen LogP contribution in [0.3, 0.4) is 0 Å². The number of halogens is 2. The maximum absolute atomic E-state index is 12.4. The third-order valence-electron chi connectivity index (χ3n) is 3.41. The van der Waals surface area contributed by atoms with E-state index in [0.717, 1.165) is 4.88 Å². The van der Waals surface area contributed by atoms with Gasteiger partial charge >= 0.3 is 6.61 Å². The Balaban J connectivity index is 2.05. The fraction of sp³-hybridized carbons (Fsp3) is 0.375. The smallest absolute Gasteiger partial charge is 0.387 e. The molecule has 0 saturated carbocycles. The third kappa shape index (κ3) is 4.25. The van der Waals surface area contributed by atoms with Gasteiger partial charge < -0.3 is 15.2 Å². The van der Waals surface area contributed by atoms with Crippen LogP contribution in [-0.4, -0.2) is 18.3 Å². The predicted octanol–water partition coefficient (Wildman–Crippen LogP) is 3.91. The van der Waals surface area contributed by atoms with E-state index in [-0.39, 0.29) is 11.8 Å². The normalized spacial score (nSPS) is 15.5. The molecule has 0 spiro atoms. The van der Waals surface area contributed by atoms with E-state index in [1.807, 2.05) is 24.4 Å². The minimum atomic E-state index is -2.86. The number of aliphatic hydroxyl groups is 1. The molecule has 6 heteroatoms. The molecule has 3 nitrogen and oxygen atoms in total. The molecule has 0 aliphatic rings. The first-order chi connectivity index (χ1) is 10.4. The first-order valence-corrected chi connectivity index (χ1v) is 7.81. The highest BCUT2D eigenvalue weighted by atomic mass is 32.1. The van der Waals surface area contributed by atoms with E-state index in [2.05, 4.69) is 10.1 Å². The first kappa shape index (κ1) is 16.9. The van der Waals surface area contributed by atoms with Gasteiger partial charge in [-0.05, 0) is 31.4 Å². The first-order valence-electron chi connectivity index (χ1n) is 6.93. The predicted molar refractivity (Wildman–Crippen MR) is 83.4 cm³/mol. The minimum absolute atomic E-state index is 0.147. The molecule has 1 heterocycles. The molecule has 2 aromatic rings. The van der Waals surface area contributed by atoms with Crippen molar-refractivity contribution in [1.29, 1.82) is 0 Å². The highest BCUT2D eigenvalue weighted by molar-refractivity contribution is 7.10. The van der Waals surface area contributed by atoms with E-state index in [1.54, 1.807) is 25.1 Å². The molecule has 1 aromatic heterocycles. The van der Waals surface area contributed by atoms with Crippen molar-refractivity contribution < 1.29 is 18.6 Å². The lowest BCUT2D eigenvalue weighted by Gasteiger charge is -2.26. The molecule has 0 bridgehead atoms. The van der Waals surface area contributed by atoms with Gasteiger partial charge in [0.25, 0.3) is 0 Å². The summed E-state index contributed by atoms with van der Waals surface area (Å²) in [6.45, 7) is 1.01. The van der Waals surface area contributed by atoms with Crippen molar-refractivity contribution in [2.45, 2.75) is 32.1 Å².